The third kappa shape index (κ3) is 2.33. The molecule has 0 atom stereocenters. The fourth-order valence-electron chi connectivity index (χ4n) is 1.31. The van der Waals surface area contributed by atoms with Crippen molar-refractivity contribution in [1.29, 1.82) is 0 Å². The van der Waals surface area contributed by atoms with Gasteiger partial charge >= 0.3 is 0 Å². The highest BCUT2D eigenvalue weighted by Gasteiger charge is 2.09. The van der Waals surface area contributed by atoms with Gasteiger partial charge in [-0.05, 0) is 17.7 Å². The molecule has 0 spiro atoms. The van der Waals surface area contributed by atoms with Gasteiger partial charge in [0.15, 0.2) is 0 Å². The lowest BCUT2D eigenvalue weighted by molar-refractivity contribution is 0.252. The molecule has 1 aromatic carbocycles. The number of hydrogen-bond donors (Lipinski definition) is 1. The highest BCUT2D eigenvalue weighted by Crippen LogP contribution is 2.31. The van der Waals surface area contributed by atoms with Crippen LogP contribution in [0.1, 0.15) is 0 Å². The lowest BCUT2D eigenvalue weighted by Crippen LogP contribution is -1.86. The molecular formula is C10H8F2N2OS. The van der Waals surface area contributed by atoms with E-state index in [0.717, 1.165) is 0 Å². The SMILES string of the molecule is Nc1oncc1-c1cccc(SC(F)F)c1. The average Bonchev–Trinajstić information content (AvgIpc) is 2.64. The van der Waals surface area contributed by atoms with Crippen LogP contribution in [0, 0.1) is 0 Å². The Balaban J connectivity index is 2.33. The van der Waals surface area contributed by atoms with Gasteiger partial charge in [-0.3, -0.25) is 0 Å². The maximum atomic E-state index is 12.2. The third-order valence-corrected chi connectivity index (χ3v) is 2.67. The molecule has 0 saturated heterocycles. The molecule has 0 saturated carbocycles. The van der Waals surface area contributed by atoms with Gasteiger partial charge in [-0.1, -0.05) is 29.1 Å². The molecule has 0 unspecified atom stereocenters. The van der Waals surface area contributed by atoms with E-state index in [1.165, 1.54) is 6.20 Å². The molecule has 0 amide bonds. The Bertz CT molecular complexity index is 487. The Morgan fingerprint density at radius 3 is 2.81 bits per heavy atom. The van der Waals surface area contributed by atoms with E-state index in [2.05, 4.69) is 5.16 Å². The summed E-state index contributed by atoms with van der Waals surface area (Å²) in [4.78, 5) is 0.480. The smallest absolute Gasteiger partial charge is 0.288 e. The molecule has 0 radical (unpaired) electrons. The van der Waals surface area contributed by atoms with E-state index in [-0.39, 0.29) is 5.88 Å². The summed E-state index contributed by atoms with van der Waals surface area (Å²) in [6.07, 6.45) is 1.46. The van der Waals surface area contributed by atoms with E-state index in [0.29, 0.717) is 27.8 Å². The molecule has 0 bridgehead atoms. The largest absolute Gasteiger partial charge is 0.367 e. The van der Waals surface area contributed by atoms with Crippen LogP contribution in [0.2, 0.25) is 0 Å². The molecule has 2 rings (SSSR count). The Labute approximate surface area is 94.6 Å². The number of nitrogens with two attached hydrogens (primary N) is 1. The van der Waals surface area contributed by atoms with Crippen molar-refractivity contribution in [2.45, 2.75) is 10.7 Å². The molecular weight excluding hydrogens is 234 g/mol. The number of nitrogen functional groups attached to an aromatic ring is 1. The van der Waals surface area contributed by atoms with E-state index >= 15 is 0 Å². The van der Waals surface area contributed by atoms with Crippen LogP contribution in [0.15, 0.2) is 39.9 Å². The Hall–Kier alpha value is -1.56. The molecule has 2 N–H and O–H groups in total. The first-order valence-electron chi connectivity index (χ1n) is 4.42. The van der Waals surface area contributed by atoms with Crippen molar-refractivity contribution >= 4 is 17.6 Å². The van der Waals surface area contributed by atoms with Crippen LogP contribution in [0.4, 0.5) is 14.7 Å². The van der Waals surface area contributed by atoms with Gasteiger partial charge in [0.05, 0.1) is 11.8 Å². The normalized spacial score (nSPS) is 10.9. The summed E-state index contributed by atoms with van der Waals surface area (Å²) in [7, 11) is 0. The zero-order valence-electron chi connectivity index (χ0n) is 8.06. The predicted octanol–water partition coefficient (Wildman–Crippen LogP) is 3.24. The summed E-state index contributed by atoms with van der Waals surface area (Å²) in [5.74, 6) is -2.26. The van der Waals surface area contributed by atoms with Crippen molar-refractivity contribution in [2.75, 3.05) is 5.73 Å². The molecule has 0 fully saturated rings. The van der Waals surface area contributed by atoms with E-state index in [9.17, 15) is 8.78 Å². The second kappa shape index (κ2) is 4.52. The zero-order valence-corrected chi connectivity index (χ0v) is 8.88. The first kappa shape index (κ1) is 10.9. The summed E-state index contributed by atoms with van der Waals surface area (Å²) in [5.41, 5.74) is 6.86. The maximum Gasteiger partial charge on any atom is 0.288 e. The van der Waals surface area contributed by atoms with Gasteiger partial charge in [-0.25, -0.2) is 0 Å². The minimum Gasteiger partial charge on any atom is -0.367 e. The van der Waals surface area contributed by atoms with Crippen LogP contribution in [0.25, 0.3) is 11.1 Å². The molecule has 2 aromatic rings. The number of alkyl halides is 2. The fourth-order valence-corrected chi connectivity index (χ4v) is 1.86. The molecule has 16 heavy (non-hydrogen) atoms. The van der Waals surface area contributed by atoms with Crippen molar-refractivity contribution in [2.24, 2.45) is 0 Å². The number of nitrogens with zero attached hydrogens (tertiary/aromatic N) is 1. The third-order valence-electron chi connectivity index (χ3n) is 1.97. The van der Waals surface area contributed by atoms with Crippen LogP contribution in [0.3, 0.4) is 0 Å². The number of anilines is 1. The summed E-state index contributed by atoms with van der Waals surface area (Å²) in [6, 6.07) is 6.69. The van der Waals surface area contributed by atoms with Gasteiger partial charge in [0.2, 0.25) is 5.88 Å². The number of hydrogen-bond acceptors (Lipinski definition) is 4. The molecule has 1 aromatic heterocycles. The van der Waals surface area contributed by atoms with Crippen LogP contribution < -0.4 is 5.73 Å². The van der Waals surface area contributed by atoms with Gasteiger partial charge in [-0.15, -0.1) is 0 Å². The van der Waals surface area contributed by atoms with E-state index in [1.54, 1.807) is 24.3 Å². The molecule has 84 valence electrons. The Morgan fingerprint density at radius 1 is 1.38 bits per heavy atom. The summed E-state index contributed by atoms with van der Waals surface area (Å²) in [6.45, 7) is 0. The van der Waals surface area contributed by atoms with E-state index in [1.807, 2.05) is 0 Å². The first-order valence-corrected chi connectivity index (χ1v) is 5.30. The van der Waals surface area contributed by atoms with Crippen molar-refractivity contribution < 1.29 is 13.3 Å². The molecule has 3 nitrogen and oxygen atoms in total. The zero-order chi connectivity index (χ0) is 11.5. The van der Waals surface area contributed by atoms with Crippen LogP contribution in [0.5, 0.6) is 0 Å². The minimum atomic E-state index is -2.44. The molecule has 1 heterocycles. The van der Waals surface area contributed by atoms with Crippen LogP contribution >= 0.6 is 11.8 Å². The quantitative estimate of drug-likeness (QED) is 0.839. The Kier molecular flexibility index (Phi) is 3.09. The standard InChI is InChI=1S/C10H8F2N2OS/c11-10(12)16-7-3-1-2-6(4-7)8-5-14-15-9(8)13/h1-5,10H,13H2. The van der Waals surface area contributed by atoms with E-state index in [4.69, 9.17) is 10.3 Å². The summed E-state index contributed by atoms with van der Waals surface area (Å²) < 4.78 is 29.1. The number of thioether (sulfide) groups is 1. The topological polar surface area (TPSA) is 52.0 Å². The molecule has 0 aliphatic heterocycles. The predicted molar refractivity (Wildman–Crippen MR) is 58.2 cm³/mol. The second-order valence-corrected chi connectivity index (χ2v) is 4.07. The van der Waals surface area contributed by atoms with Crippen molar-refractivity contribution in [1.82, 2.24) is 5.16 Å². The van der Waals surface area contributed by atoms with E-state index < -0.39 is 5.76 Å². The monoisotopic (exact) mass is 242 g/mol. The summed E-state index contributed by atoms with van der Waals surface area (Å²) in [5, 5.41) is 3.53. The number of halogens is 2. The van der Waals surface area contributed by atoms with Crippen LogP contribution in [-0.4, -0.2) is 10.9 Å². The highest BCUT2D eigenvalue weighted by atomic mass is 32.2. The maximum absolute atomic E-state index is 12.2. The lowest BCUT2D eigenvalue weighted by atomic mass is 10.1. The molecule has 6 heteroatoms. The van der Waals surface area contributed by atoms with Gasteiger partial charge in [0, 0.05) is 4.90 Å². The number of benzene rings is 1. The number of aromatic nitrogens is 1. The van der Waals surface area contributed by atoms with Crippen molar-refractivity contribution in [3.63, 3.8) is 0 Å². The molecule has 0 aliphatic rings. The first-order chi connectivity index (χ1) is 7.66. The minimum absolute atomic E-state index is 0.180. The summed E-state index contributed by atoms with van der Waals surface area (Å²) >= 11 is 0.491. The lowest BCUT2D eigenvalue weighted by Gasteiger charge is -2.02. The second-order valence-electron chi connectivity index (χ2n) is 3.01. The van der Waals surface area contributed by atoms with Crippen LogP contribution in [-0.2, 0) is 0 Å². The number of rotatable bonds is 3. The van der Waals surface area contributed by atoms with Gasteiger partial charge in [0.25, 0.3) is 5.76 Å². The van der Waals surface area contributed by atoms with Gasteiger partial charge < -0.3 is 10.3 Å². The highest BCUT2D eigenvalue weighted by molar-refractivity contribution is 7.99. The van der Waals surface area contributed by atoms with Crippen molar-refractivity contribution in [3.05, 3.63) is 30.5 Å². The van der Waals surface area contributed by atoms with Crippen molar-refractivity contribution in [3.8, 4) is 11.1 Å². The molecule has 0 aliphatic carbocycles. The fraction of sp³-hybridized carbons (Fsp3) is 0.100. The van der Waals surface area contributed by atoms with Gasteiger partial charge in [0.1, 0.15) is 0 Å². The average molecular weight is 242 g/mol. The Morgan fingerprint density at radius 2 is 2.19 bits per heavy atom. The van der Waals surface area contributed by atoms with Gasteiger partial charge in [-0.2, -0.15) is 8.78 Å².